The van der Waals surface area contributed by atoms with Crippen LogP contribution in [0.1, 0.15) is 97.1 Å². The van der Waals surface area contributed by atoms with Gasteiger partial charge < -0.3 is 14.5 Å². The molecule has 0 saturated heterocycles. The summed E-state index contributed by atoms with van der Waals surface area (Å²) in [5.74, 6) is 2.37. The number of para-hydroxylation sites is 1. The number of rotatable bonds is 11. The highest BCUT2D eigenvalue weighted by atomic mass is 16.5. The van der Waals surface area contributed by atoms with Crippen molar-refractivity contribution in [3.05, 3.63) is 252 Å². The van der Waals surface area contributed by atoms with Gasteiger partial charge in [-0.25, -0.2) is 4.98 Å². The lowest BCUT2D eigenvalue weighted by atomic mass is 9.76. The lowest BCUT2D eigenvalue weighted by molar-refractivity contribution is 0.479. The van der Waals surface area contributed by atoms with Crippen molar-refractivity contribution in [3.63, 3.8) is 0 Å². The Balaban J connectivity index is 1.08. The Hall–Kier alpha value is -8.15. The summed E-state index contributed by atoms with van der Waals surface area (Å²) < 4.78 is 9.74. The van der Waals surface area contributed by atoms with E-state index in [0.717, 1.165) is 45.2 Å². The Bertz CT molecular complexity index is 3730. The minimum absolute atomic E-state index is 0.0425. The molecule has 75 heavy (non-hydrogen) atoms. The SMILES string of the molecule is CC(C)(C)C1=CN(c2cc(-c3ccccc3)cc(C(C)(C)C)c2)CN1c1cc(Oc2cc(C(C)(C)c3ccccc3)c3c4ccccc4n(-c4cc(C(C)(C)c5ccccc5)ccn4)c3c2)cc(-c2ccccc2)c1. The lowest BCUT2D eigenvalue weighted by Crippen LogP contribution is -2.30. The van der Waals surface area contributed by atoms with Gasteiger partial charge in [0.2, 0.25) is 0 Å². The van der Waals surface area contributed by atoms with E-state index in [-0.39, 0.29) is 16.2 Å². The van der Waals surface area contributed by atoms with Crippen LogP contribution in [0.2, 0.25) is 0 Å². The van der Waals surface area contributed by atoms with Crippen LogP contribution < -0.4 is 14.5 Å². The van der Waals surface area contributed by atoms with Crippen LogP contribution in [0.5, 0.6) is 11.5 Å². The minimum atomic E-state index is -0.411. The zero-order valence-electron chi connectivity index (χ0n) is 45.2. The van der Waals surface area contributed by atoms with Crippen molar-refractivity contribution in [2.24, 2.45) is 5.41 Å². The Kier molecular flexibility index (Phi) is 12.4. The third-order valence-electron chi connectivity index (χ3n) is 15.5. The van der Waals surface area contributed by atoms with E-state index < -0.39 is 5.41 Å². The smallest absolute Gasteiger partial charge is 0.137 e. The predicted octanol–water partition coefficient (Wildman–Crippen LogP) is 18.4. The van der Waals surface area contributed by atoms with Gasteiger partial charge in [0.25, 0.3) is 0 Å². The van der Waals surface area contributed by atoms with Gasteiger partial charge in [-0.05, 0) is 104 Å². The van der Waals surface area contributed by atoms with Crippen molar-refractivity contribution in [3.8, 4) is 39.6 Å². The predicted molar refractivity (Wildman–Crippen MR) is 316 cm³/mol. The fraction of sp³-hybridized carbons (Fsp3) is 0.214. The monoisotopic (exact) mass is 981 g/mol. The minimum Gasteiger partial charge on any atom is -0.457 e. The van der Waals surface area contributed by atoms with Crippen LogP contribution in [0.3, 0.4) is 0 Å². The third kappa shape index (κ3) is 9.42. The van der Waals surface area contributed by atoms with Crippen molar-refractivity contribution in [2.45, 2.75) is 85.5 Å². The molecule has 0 bridgehead atoms. The molecule has 5 heteroatoms. The Morgan fingerprint density at radius 3 is 1.61 bits per heavy atom. The van der Waals surface area contributed by atoms with Gasteiger partial charge >= 0.3 is 0 Å². The number of allylic oxidation sites excluding steroid dienone is 1. The van der Waals surface area contributed by atoms with Crippen LogP contribution >= 0.6 is 0 Å². The molecule has 0 saturated carbocycles. The summed E-state index contributed by atoms with van der Waals surface area (Å²) in [7, 11) is 0. The number of ether oxygens (including phenoxy) is 1. The number of hydrogen-bond donors (Lipinski definition) is 0. The Morgan fingerprint density at radius 1 is 0.427 bits per heavy atom. The molecule has 10 aromatic rings. The number of nitrogens with zero attached hydrogens (tertiary/aromatic N) is 4. The second kappa shape index (κ2) is 19.0. The molecule has 0 aliphatic carbocycles. The van der Waals surface area contributed by atoms with Gasteiger partial charge in [-0.15, -0.1) is 0 Å². The summed E-state index contributed by atoms with van der Waals surface area (Å²) >= 11 is 0. The molecule has 2 aromatic heterocycles. The molecule has 0 radical (unpaired) electrons. The first-order chi connectivity index (χ1) is 35.9. The van der Waals surface area contributed by atoms with Crippen LogP contribution in [0.15, 0.2) is 224 Å². The van der Waals surface area contributed by atoms with Gasteiger partial charge in [0, 0.05) is 68.6 Å². The fourth-order valence-electron chi connectivity index (χ4n) is 11.0. The number of aromatic nitrogens is 2. The maximum atomic E-state index is 7.40. The quantitative estimate of drug-likeness (QED) is 0.129. The standard InChI is InChI=1S/C70H68N4O/c1-67(2,3)55-37-50(48-25-15-11-16-26-48)38-56(41-55)72-46-64(68(4,5)6)73(47-72)57-39-51(49-27-17-12-18-28-49)40-58(43-57)75-59-44-61(70(9,10)53-31-21-14-22-32-53)66-60-33-23-24-34-62(60)74(63(66)45-59)65-42-54(35-36-71-65)69(7,8)52-29-19-13-20-30-52/h11-46H,47H2,1-10H3. The van der Waals surface area contributed by atoms with Gasteiger partial charge in [-0.2, -0.15) is 0 Å². The van der Waals surface area contributed by atoms with Crippen molar-refractivity contribution in [2.75, 3.05) is 16.5 Å². The van der Waals surface area contributed by atoms with Crippen LogP contribution in [0, 0.1) is 5.41 Å². The molecule has 0 atom stereocenters. The van der Waals surface area contributed by atoms with Gasteiger partial charge in [0.15, 0.2) is 0 Å². The van der Waals surface area contributed by atoms with Gasteiger partial charge in [-0.3, -0.25) is 4.57 Å². The molecule has 11 rings (SSSR count). The first kappa shape index (κ1) is 49.1. The maximum absolute atomic E-state index is 7.40. The van der Waals surface area contributed by atoms with E-state index >= 15 is 0 Å². The molecule has 5 nitrogen and oxygen atoms in total. The molecule has 1 aliphatic rings. The summed E-state index contributed by atoms with van der Waals surface area (Å²) in [5, 5.41) is 2.35. The first-order valence-corrected chi connectivity index (χ1v) is 26.4. The van der Waals surface area contributed by atoms with Crippen LogP contribution in [0.25, 0.3) is 49.9 Å². The highest BCUT2D eigenvalue weighted by Gasteiger charge is 2.34. The largest absolute Gasteiger partial charge is 0.457 e. The maximum Gasteiger partial charge on any atom is 0.137 e. The average Bonchev–Trinajstić information content (AvgIpc) is 4.03. The van der Waals surface area contributed by atoms with Crippen molar-refractivity contribution >= 4 is 33.2 Å². The van der Waals surface area contributed by atoms with Gasteiger partial charge in [0.05, 0.1) is 17.7 Å². The fourth-order valence-corrected chi connectivity index (χ4v) is 11.0. The van der Waals surface area contributed by atoms with Crippen molar-refractivity contribution in [1.29, 1.82) is 0 Å². The summed E-state index contributed by atoms with van der Waals surface area (Å²) in [4.78, 5) is 10.1. The molecule has 0 spiro atoms. The van der Waals surface area contributed by atoms with E-state index in [1.807, 2.05) is 6.20 Å². The van der Waals surface area contributed by atoms with Crippen LogP contribution in [0.4, 0.5) is 11.4 Å². The summed E-state index contributed by atoms with van der Waals surface area (Å²) in [6, 6.07) is 74.6. The molecule has 0 amide bonds. The second-order valence-corrected chi connectivity index (χ2v) is 23.5. The molecule has 3 heterocycles. The number of hydrogen-bond acceptors (Lipinski definition) is 4. The molecule has 8 aromatic carbocycles. The highest BCUT2D eigenvalue weighted by molar-refractivity contribution is 6.12. The van der Waals surface area contributed by atoms with Crippen LogP contribution in [-0.2, 0) is 16.2 Å². The molecule has 374 valence electrons. The molecular weight excluding hydrogens is 913 g/mol. The first-order valence-electron chi connectivity index (χ1n) is 26.4. The van der Waals surface area contributed by atoms with E-state index in [9.17, 15) is 0 Å². The van der Waals surface area contributed by atoms with Crippen LogP contribution in [-0.4, -0.2) is 16.2 Å². The summed E-state index contributed by atoms with van der Waals surface area (Å²) in [6.45, 7) is 23.7. The number of fused-ring (bicyclic) bond motifs is 3. The molecule has 0 fully saturated rings. The van der Waals surface area contributed by atoms with E-state index in [4.69, 9.17) is 9.72 Å². The van der Waals surface area contributed by atoms with Gasteiger partial charge in [0.1, 0.15) is 17.3 Å². The second-order valence-electron chi connectivity index (χ2n) is 23.5. The lowest BCUT2D eigenvalue weighted by Gasteiger charge is -2.31. The molecule has 0 N–H and O–H groups in total. The zero-order chi connectivity index (χ0) is 52.3. The molecule has 0 unspecified atom stereocenters. The Morgan fingerprint density at radius 2 is 0.987 bits per heavy atom. The van der Waals surface area contributed by atoms with E-state index in [0.29, 0.717) is 6.67 Å². The number of benzene rings is 8. The number of anilines is 2. The van der Waals surface area contributed by atoms with Gasteiger partial charge in [-0.1, -0.05) is 215 Å². The average molecular weight is 981 g/mol. The zero-order valence-corrected chi connectivity index (χ0v) is 45.2. The topological polar surface area (TPSA) is 33.5 Å². The number of pyridine rings is 1. The van der Waals surface area contributed by atoms with E-state index in [1.54, 1.807) is 0 Å². The van der Waals surface area contributed by atoms with Crippen molar-refractivity contribution < 1.29 is 4.74 Å². The van der Waals surface area contributed by atoms with E-state index in [1.165, 1.54) is 61.1 Å². The third-order valence-corrected chi connectivity index (χ3v) is 15.5. The Labute approximate surface area is 444 Å². The summed E-state index contributed by atoms with van der Waals surface area (Å²) in [5.41, 5.74) is 15.5. The normalized spacial score (nSPS) is 13.4. The molecular formula is C70H68N4O. The van der Waals surface area contributed by atoms with E-state index in [2.05, 4.69) is 296 Å². The summed E-state index contributed by atoms with van der Waals surface area (Å²) in [6.07, 6.45) is 4.33. The highest BCUT2D eigenvalue weighted by Crippen LogP contribution is 2.47. The van der Waals surface area contributed by atoms with Crippen molar-refractivity contribution in [1.82, 2.24) is 9.55 Å². The molecule has 1 aliphatic heterocycles.